The van der Waals surface area contributed by atoms with Crippen LogP contribution in [0.4, 0.5) is 0 Å². The second-order valence-corrected chi connectivity index (χ2v) is 8.79. The fourth-order valence-corrected chi connectivity index (χ4v) is 4.67. The minimum atomic E-state index is 0.0503. The Hall–Kier alpha value is -2.25. The molecule has 0 spiro atoms. The zero-order chi connectivity index (χ0) is 22.0. The van der Waals surface area contributed by atoms with Crippen molar-refractivity contribution in [3.63, 3.8) is 0 Å². The van der Waals surface area contributed by atoms with Crippen LogP contribution in [0.5, 0.6) is 11.5 Å². The van der Waals surface area contributed by atoms with Crippen LogP contribution >= 0.6 is 11.6 Å². The molecule has 168 valence electrons. The highest BCUT2D eigenvalue weighted by molar-refractivity contribution is 6.30. The number of carbonyl (C=O) groups is 1. The van der Waals surface area contributed by atoms with Gasteiger partial charge < -0.3 is 14.4 Å². The van der Waals surface area contributed by atoms with Crippen molar-refractivity contribution in [2.75, 3.05) is 33.3 Å². The second kappa shape index (κ2) is 9.49. The van der Waals surface area contributed by atoms with E-state index in [1.165, 1.54) is 0 Å². The summed E-state index contributed by atoms with van der Waals surface area (Å²) >= 11 is 6.40. The van der Waals surface area contributed by atoms with Gasteiger partial charge in [0.05, 0.1) is 18.4 Å². The normalized spacial score (nSPS) is 17.9. The van der Waals surface area contributed by atoms with Gasteiger partial charge in [0.2, 0.25) is 0 Å². The topological polar surface area (TPSA) is 59.8 Å². The third-order valence-corrected chi connectivity index (χ3v) is 6.77. The number of nitrogens with zero attached hydrogens (tertiary/aromatic N) is 4. The van der Waals surface area contributed by atoms with Gasteiger partial charge in [0, 0.05) is 51.4 Å². The fourth-order valence-electron chi connectivity index (χ4n) is 4.44. The van der Waals surface area contributed by atoms with E-state index >= 15 is 0 Å². The summed E-state index contributed by atoms with van der Waals surface area (Å²) in [5.41, 5.74) is 2.70. The molecule has 0 unspecified atom stereocenters. The molecule has 7 nitrogen and oxygen atoms in total. The molecule has 0 radical (unpaired) electrons. The van der Waals surface area contributed by atoms with Crippen LogP contribution in [0.3, 0.4) is 0 Å². The quantitative estimate of drug-likeness (QED) is 0.677. The van der Waals surface area contributed by atoms with Gasteiger partial charge in [-0.05, 0) is 44.7 Å². The van der Waals surface area contributed by atoms with Gasteiger partial charge in [0.15, 0.2) is 0 Å². The van der Waals surface area contributed by atoms with E-state index in [1.807, 2.05) is 37.1 Å². The van der Waals surface area contributed by atoms with E-state index in [-0.39, 0.29) is 12.0 Å². The number of ether oxygens (including phenoxy) is 2. The zero-order valence-electron chi connectivity index (χ0n) is 18.6. The summed E-state index contributed by atoms with van der Waals surface area (Å²) < 4.78 is 13.5. The van der Waals surface area contributed by atoms with Crippen molar-refractivity contribution in [2.45, 2.75) is 45.3 Å². The highest BCUT2D eigenvalue weighted by Crippen LogP contribution is 2.30. The lowest BCUT2D eigenvalue weighted by molar-refractivity contribution is 0.0764. The predicted octanol–water partition coefficient (Wildman–Crippen LogP) is 3.67. The van der Waals surface area contributed by atoms with Crippen LogP contribution in [0.2, 0.25) is 5.15 Å². The van der Waals surface area contributed by atoms with E-state index in [9.17, 15) is 4.79 Å². The molecule has 2 aromatic rings. The van der Waals surface area contributed by atoms with Crippen molar-refractivity contribution >= 4 is 17.5 Å². The third kappa shape index (κ3) is 4.83. The number of aryl methyl sites for hydroxylation is 2. The monoisotopic (exact) mass is 446 g/mol. The average Bonchev–Trinajstić information content (AvgIpc) is 3.39. The Labute approximate surface area is 188 Å². The number of hydrogen-bond donors (Lipinski definition) is 0. The first-order valence-electron chi connectivity index (χ1n) is 11.0. The molecule has 8 heteroatoms. The molecule has 0 N–H and O–H groups in total. The maximum atomic E-state index is 13.0. The molecule has 3 heterocycles. The van der Waals surface area contributed by atoms with Crippen molar-refractivity contribution in [1.82, 2.24) is 19.6 Å². The van der Waals surface area contributed by atoms with Crippen molar-refractivity contribution in [3.05, 3.63) is 40.2 Å². The number of methoxy groups -OCH3 is 1. The summed E-state index contributed by atoms with van der Waals surface area (Å²) in [6.07, 6.45) is 3.99. The smallest absolute Gasteiger partial charge is 0.257 e. The molecule has 2 aliphatic heterocycles. The maximum absolute atomic E-state index is 13.0. The predicted molar refractivity (Wildman–Crippen MR) is 120 cm³/mol. The first-order chi connectivity index (χ1) is 15.0. The van der Waals surface area contributed by atoms with Gasteiger partial charge in [-0.2, -0.15) is 5.10 Å². The minimum absolute atomic E-state index is 0.0503. The van der Waals surface area contributed by atoms with E-state index in [0.717, 1.165) is 69.7 Å². The van der Waals surface area contributed by atoms with E-state index < -0.39 is 0 Å². The fraction of sp³-hybridized carbons (Fsp3) is 0.565. The molecule has 4 rings (SSSR count). The molecule has 1 aromatic carbocycles. The molecule has 1 amide bonds. The second-order valence-electron chi connectivity index (χ2n) is 8.43. The Morgan fingerprint density at radius 2 is 1.90 bits per heavy atom. The Kier molecular flexibility index (Phi) is 6.72. The van der Waals surface area contributed by atoms with Crippen LogP contribution in [-0.4, -0.2) is 64.9 Å². The number of aromatic nitrogens is 2. The van der Waals surface area contributed by atoms with Crippen LogP contribution in [0, 0.1) is 6.92 Å². The number of carbonyl (C=O) groups excluding carboxylic acids is 1. The van der Waals surface area contributed by atoms with Crippen LogP contribution in [0.1, 0.15) is 47.3 Å². The lowest BCUT2D eigenvalue weighted by atomic mass is 10.1. The SMILES string of the molecule is COc1ccc(C(=O)N2CCCC2)c(OC2CCN(Cc3c(C)nn(C)c3Cl)CC2)c1. The van der Waals surface area contributed by atoms with Gasteiger partial charge >= 0.3 is 0 Å². The van der Waals surface area contributed by atoms with E-state index in [4.69, 9.17) is 21.1 Å². The summed E-state index contributed by atoms with van der Waals surface area (Å²) in [5.74, 6) is 1.38. The average molecular weight is 447 g/mol. The molecule has 2 fully saturated rings. The lowest BCUT2D eigenvalue weighted by Gasteiger charge is -2.32. The Balaban J connectivity index is 1.41. The number of piperidine rings is 1. The first-order valence-corrected chi connectivity index (χ1v) is 11.4. The molecule has 31 heavy (non-hydrogen) atoms. The molecule has 2 aliphatic rings. The molecular weight excluding hydrogens is 416 g/mol. The molecule has 0 atom stereocenters. The molecule has 1 aromatic heterocycles. The summed E-state index contributed by atoms with van der Waals surface area (Å²) in [6, 6.07) is 5.50. The summed E-state index contributed by atoms with van der Waals surface area (Å²) in [7, 11) is 3.50. The van der Waals surface area contributed by atoms with Crippen LogP contribution in [0.25, 0.3) is 0 Å². The number of amides is 1. The number of benzene rings is 1. The van der Waals surface area contributed by atoms with Gasteiger partial charge in [-0.15, -0.1) is 0 Å². The summed E-state index contributed by atoms with van der Waals surface area (Å²) in [4.78, 5) is 17.3. The van der Waals surface area contributed by atoms with Crippen molar-refractivity contribution in [1.29, 1.82) is 0 Å². The van der Waals surface area contributed by atoms with Crippen LogP contribution < -0.4 is 9.47 Å². The van der Waals surface area contributed by atoms with Crippen LogP contribution in [-0.2, 0) is 13.6 Å². The largest absolute Gasteiger partial charge is 0.497 e. The highest BCUT2D eigenvalue weighted by atomic mass is 35.5. The summed E-state index contributed by atoms with van der Waals surface area (Å²) in [5, 5.41) is 5.11. The van der Waals surface area contributed by atoms with Crippen LogP contribution in [0.15, 0.2) is 18.2 Å². The number of likely N-dealkylation sites (tertiary alicyclic amines) is 2. The molecule has 2 saturated heterocycles. The van der Waals surface area contributed by atoms with E-state index in [0.29, 0.717) is 22.2 Å². The van der Waals surface area contributed by atoms with E-state index in [1.54, 1.807) is 11.8 Å². The molecular formula is C23H31ClN4O3. The Bertz CT molecular complexity index is 931. The first kappa shape index (κ1) is 22.0. The molecule has 0 aliphatic carbocycles. The highest BCUT2D eigenvalue weighted by Gasteiger charge is 2.27. The maximum Gasteiger partial charge on any atom is 0.257 e. The van der Waals surface area contributed by atoms with Crippen molar-refractivity contribution in [2.24, 2.45) is 7.05 Å². The van der Waals surface area contributed by atoms with Gasteiger partial charge in [-0.3, -0.25) is 14.4 Å². The van der Waals surface area contributed by atoms with Gasteiger partial charge in [-0.25, -0.2) is 0 Å². The summed E-state index contributed by atoms with van der Waals surface area (Å²) in [6.45, 7) is 6.25. The Morgan fingerprint density at radius 3 is 2.52 bits per heavy atom. The minimum Gasteiger partial charge on any atom is -0.497 e. The van der Waals surface area contributed by atoms with Gasteiger partial charge in [0.1, 0.15) is 22.8 Å². The standard InChI is InChI=1S/C23H31ClN4O3/c1-16-20(22(24)26(2)25-16)15-27-12-8-17(9-13-27)31-21-14-18(30-3)6-7-19(21)23(29)28-10-4-5-11-28/h6-7,14,17H,4-5,8-13,15H2,1-3H3. The number of rotatable bonds is 6. The van der Waals surface area contributed by atoms with E-state index in [2.05, 4.69) is 10.00 Å². The molecule has 0 bridgehead atoms. The third-order valence-electron chi connectivity index (χ3n) is 6.29. The number of hydrogen-bond acceptors (Lipinski definition) is 5. The number of halogens is 1. The van der Waals surface area contributed by atoms with Gasteiger partial charge in [0.25, 0.3) is 5.91 Å². The zero-order valence-corrected chi connectivity index (χ0v) is 19.3. The molecule has 0 saturated carbocycles. The Morgan fingerprint density at radius 1 is 1.19 bits per heavy atom. The van der Waals surface area contributed by atoms with Crippen molar-refractivity contribution < 1.29 is 14.3 Å². The van der Waals surface area contributed by atoms with Crippen molar-refractivity contribution in [3.8, 4) is 11.5 Å². The van der Waals surface area contributed by atoms with Gasteiger partial charge in [-0.1, -0.05) is 11.6 Å². The lowest BCUT2D eigenvalue weighted by Crippen LogP contribution is -2.38.